The summed E-state index contributed by atoms with van der Waals surface area (Å²) in [6, 6.07) is 7.88. The minimum Gasteiger partial charge on any atom is -0.489 e. The largest absolute Gasteiger partial charge is 0.489 e. The Kier molecular flexibility index (Phi) is 2.05. The lowest BCUT2D eigenvalue weighted by Crippen LogP contribution is -2.33. The molecule has 1 fully saturated rings. The third-order valence-electron chi connectivity index (χ3n) is 2.30. The minimum atomic E-state index is 0.119. The topological polar surface area (TPSA) is 26.3 Å². The van der Waals surface area contributed by atoms with E-state index >= 15 is 0 Å². The molecule has 0 saturated heterocycles. The Morgan fingerprint density at radius 3 is 2.62 bits per heavy atom. The molecule has 1 saturated carbocycles. The van der Waals surface area contributed by atoms with Crippen molar-refractivity contribution in [2.45, 2.75) is 25.9 Å². The first-order chi connectivity index (χ1) is 6.25. The maximum absolute atomic E-state index is 10.7. The Bertz CT molecular complexity index is 323. The zero-order chi connectivity index (χ0) is 9.26. The second kappa shape index (κ2) is 3.21. The van der Waals surface area contributed by atoms with Crippen molar-refractivity contribution in [2.75, 3.05) is 0 Å². The van der Waals surface area contributed by atoms with Gasteiger partial charge in [-0.1, -0.05) is 18.2 Å². The van der Waals surface area contributed by atoms with Crippen LogP contribution < -0.4 is 4.74 Å². The monoisotopic (exact) mass is 176 g/mol. The maximum Gasteiger partial charge on any atom is 0.140 e. The SMILES string of the molecule is Cc1ccccc1OC1CC(=O)C1. The van der Waals surface area contributed by atoms with Gasteiger partial charge < -0.3 is 4.74 Å². The number of carbonyl (C=O) groups excluding carboxylic acids is 1. The summed E-state index contributed by atoms with van der Waals surface area (Å²) in [4.78, 5) is 10.7. The molecular weight excluding hydrogens is 164 g/mol. The van der Waals surface area contributed by atoms with E-state index < -0.39 is 0 Å². The lowest BCUT2D eigenvalue weighted by molar-refractivity contribution is -0.129. The van der Waals surface area contributed by atoms with Gasteiger partial charge in [0.15, 0.2) is 0 Å². The Balaban J connectivity index is 2.02. The number of aryl methyl sites for hydroxylation is 1. The van der Waals surface area contributed by atoms with Crippen LogP contribution in [-0.2, 0) is 4.79 Å². The van der Waals surface area contributed by atoms with E-state index in [0.29, 0.717) is 18.6 Å². The second-order valence-corrected chi connectivity index (χ2v) is 3.45. The van der Waals surface area contributed by atoms with Crippen LogP contribution in [0.25, 0.3) is 0 Å². The van der Waals surface area contributed by atoms with Crippen LogP contribution in [0, 0.1) is 6.92 Å². The molecule has 0 N–H and O–H groups in total. The fraction of sp³-hybridized carbons (Fsp3) is 0.364. The van der Waals surface area contributed by atoms with Crippen molar-refractivity contribution < 1.29 is 9.53 Å². The van der Waals surface area contributed by atoms with Crippen molar-refractivity contribution in [2.24, 2.45) is 0 Å². The maximum atomic E-state index is 10.7. The van der Waals surface area contributed by atoms with Crippen LogP contribution in [0.15, 0.2) is 24.3 Å². The predicted molar refractivity (Wildman–Crippen MR) is 49.8 cm³/mol. The van der Waals surface area contributed by atoms with Crippen LogP contribution >= 0.6 is 0 Å². The van der Waals surface area contributed by atoms with Crippen molar-refractivity contribution in [1.82, 2.24) is 0 Å². The first-order valence-electron chi connectivity index (χ1n) is 4.49. The number of ketones is 1. The Morgan fingerprint density at radius 1 is 1.31 bits per heavy atom. The molecule has 0 unspecified atom stereocenters. The molecule has 0 aromatic heterocycles. The van der Waals surface area contributed by atoms with Crippen molar-refractivity contribution in [3.63, 3.8) is 0 Å². The molecule has 68 valence electrons. The number of carbonyl (C=O) groups is 1. The molecule has 13 heavy (non-hydrogen) atoms. The van der Waals surface area contributed by atoms with Gasteiger partial charge in [0.25, 0.3) is 0 Å². The van der Waals surface area contributed by atoms with E-state index in [9.17, 15) is 4.79 Å². The summed E-state index contributed by atoms with van der Waals surface area (Å²) in [5, 5.41) is 0. The zero-order valence-corrected chi connectivity index (χ0v) is 7.62. The lowest BCUT2D eigenvalue weighted by atomic mass is 9.94. The van der Waals surface area contributed by atoms with Gasteiger partial charge in [0.05, 0.1) is 0 Å². The summed E-state index contributed by atoms with van der Waals surface area (Å²) in [5.41, 5.74) is 1.13. The number of benzene rings is 1. The Labute approximate surface area is 77.5 Å². The van der Waals surface area contributed by atoms with Crippen LogP contribution in [0.5, 0.6) is 5.75 Å². The van der Waals surface area contributed by atoms with Gasteiger partial charge in [-0.15, -0.1) is 0 Å². The van der Waals surface area contributed by atoms with Crippen molar-refractivity contribution >= 4 is 5.78 Å². The van der Waals surface area contributed by atoms with Crippen LogP contribution in [0.1, 0.15) is 18.4 Å². The molecule has 0 atom stereocenters. The lowest BCUT2D eigenvalue weighted by Gasteiger charge is -2.25. The number of ether oxygens (including phenoxy) is 1. The Morgan fingerprint density at radius 2 is 2.00 bits per heavy atom. The van der Waals surface area contributed by atoms with E-state index in [1.165, 1.54) is 0 Å². The fourth-order valence-corrected chi connectivity index (χ4v) is 1.40. The highest BCUT2D eigenvalue weighted by molar-refractivity contribution is 5.85. The molecule has 0 bridgehead atoms. The molecule has 0 aliphatic heterocycles. The van der Waals surface area contributed by atoms with E-state index in [0.717, 1.165) is 11.3 Å². The van der Waals surface area contributed by atoms with Crippen LogP contribution in [0.3, 0.4) is 0 Å². The fourth-order valence-electron chi connectivity index (χ4n) is 1.40. The number of Topliss-reactive ketones (excluding diaryl/α,β-unsaturated/α-hetero) is 1. The normalized spacial score (nSPS) is 16.8. The second-order valence-electron chi connectivity index (χ2n) is 3.45. The van der Waals surface area contributed by atoms with Gasteiger partial charge in [-0.25, -0.2) is 0 Å². The van der Waals surface area contributed by atoms with Crippen molar-refractivity contribution in [1.29, 1.82) is 0 Å². The average molecular weight is 176 g/mol. The number of hydrogen-bond donors (Lipinski definition) is 0. The van der Waals surface area contributed by atoms with Gasteiger partial charge in [-0.2, -0.15) is 0 Å². The number of rotatable bonds is 2. The quantitative estimate of drug-likeness (QED) is 0.689. The van der Waals surface area contributed by atoms with Gasteiger partial charge in [0.1, 0.15) is 17.6 Å². The van der Waals surface area contributed by atoms with E-state index in [1.54, 1.807) is 0 Å². The van der Waals surface area contributed by atoms with Gasteiger partial charge in [-0.3, -0.25) is 4.79 Å². The predicted octanol–water partition coefficient (Wildman–Crippen LogP) is 2.11. The molecule has 0 radical (unpaired) electrons. The summed E-state index contributed by atoms with van der Waals surface area (Å²) >= 11 is 0. The molecule has 1 aliphatic rings. The average Bonchev–Trinajstić information content (AvgIpc) is 2.06. The van der Waals surface area contributed by atoms with E-state index in [1.807, 2.05) is 31.2 Å². The van der Waals surface area contributed by atoms with Crippen molar-refractivity contribution in [3.05, 3.63) is 29.8 Å². The van der Waals surface area contributed by atoms with Crippen molar-refractivity contribution in [3.8, 4) is 5.75 Å². The summed E-state index contributed by atoms with van der Waals surface area (Å²) in [6.45, 7) is 2.01. The number of para-hydroxylation sites is 1. The van der Waals surface area contributed by atoms with Gasteiger partial charge in [0.2, 0.25) is 0 Å². The molecule has 2 nitrogen and oxygen atoms in total. The third-order valence-corrected chi connectivity index (χ3v) is 2.30. The summed E-state index contributed by atoms with van der Waals surface area (Å²) in [5.74, 6) is 1.21. The number of hydrogen-bond acceptors (Lipinski definition) is 2. The van der Waals surface area contributed by atoms with Crippen LogP contribution in [0.2, 0.25) is 0 Å². The highest BCUT2D eigenvalue weighted by Crippen LogP contribution is 2.24. The Hall–Kier alpha value is -1.31. The van der Waals surface area contributed by atoms with Gasteiger partial charge in [0, 0.05) is 12.8 Å². The first kappa shape index (κ1) is 8.30. The third kappa shape index (κ3) is 1.72. The van der Waals surface area contributed by atoms with Crippen LogP contribution in [-0.4, -0.2) is 11.9 Å². The standard InChI is InChI=1S/C11H12O2/c1-8-4-2-3-5-11(8)13-10-6-9(12)7-10/h2-5,10H,6-7H2,1H3. The molecular formula is C11H12O2. The smallest absolute Gasteiger partial charge is 0.140 e. The zero-order valence-electron chi connectivity index (χ0n) is 7.62. The molecule has 2 rings (SSSR count). The molecule has 1 aromatic carbocycles. The van der Waals surface area contributed by atoms with E-state index in [-0.39, 0.29) is 6.10 Å². The summed E-state index contributed by atoms with van der Waals surface area (Å²) in [7, 11) is 0. The molecule has 2 heteroatoms. The van der Waals surface area contributed by atoms with Gasteiger partial charge in [-0.05, 0) is 18.6 Å². The minimum absolute atomic E-state index is 0.119. The molecule has 0 amide bonds. The van der Waals surface area contributed by atoms with E-state index in [2.05, 4.69) is 0 Å². The van der Waals surface area contributed by atoms with Crippen LogP contribution in [0.4, 0.5) is 0 Å². The highest BCUT2D eigenvalue weighted by atomic mass is 16.5. The summed E-state index contributed by atoms with van der Waals surface area (Å²) in [6.07, 6.45) is 1.27. The molecule has 1 aliphatic carbocycles. The highest BCUT2D eigenvalue weighted by Gasteiger charge is 2.28. The van der Waals surface area contributed by atoms with E-state index in [4.69, 9.17) is 4.74 Å². The molecule has 0 spiro atoms. The molecule has 1 aromatic rings. The molecule has 0 heterocycles. The summed E-state index contributed by atoms with van der Waals surface area (Å²) < 4.78 is 5.63. The van der Waals surface area contributed by atoms with Gasteiger partial charge >= 0.3 is 0 Å². The first-order valence-corrected chi connectivity index (χ1v) is 4.49.